The van der Waals surface area contributed by atoms with Crippen LogP contribution in [0.3, 0.4) is 0 Å². The Hall–Kier alpha value is -0.910. The number of carbonyl (C=O) groups is 1. The van der Waals surface area contributed by atoms with Crippen molar-refractivity contribution >= 4 is 5.91 Å². The fourth-order valence-electron chi connectivity index (χ4n) is 10.9. The normalized spacial score (nSPS) is 33.8. The van der Waals surface area contributed by atoms with Gasteiger partial charge >= 0.3 is 0 Å². The van der Waals surface area contributed by atoms with E-state index >= 15 is 0 Å². The van der Waals surface area contributed by atoms with Gasteiger partial charge in [0.15, 0.2) is 0 Å². The molecule has 5 N–H and O–H groups in total. The molecule has 0 saturated heterocycles. The molecule has 44 heavy (non-hydrogen) atoms. The SMILES string of the molecule is CC(C)CCC[C@@H](C)[C@H]1CCC2[C@@H]3CC=C4CC(CC(=O)N(CCCN)CCCCNCCCN)CCC4(C)C3CCC21C. The van der Waals surface area contributed by atoms with Gasteiger partial charge in [0.2, 0.25) is 5.91 Å². The maximum Gasteiger partial charge on any atom is 0.222 e. The van der Waals surface area contributed by atoms with E-state index in [1.54, 1.807) is 5.57 Å². The second kappa shape index (κ2) is 16.8. The number of carbonyl (C=O) groups excluding carboxylic acids is 1. The van der Waals surface area contributed by atoms with Crippen LogP contribution in [-0.4, -0.2) is 50.1 Å². The van der Waals surface area contributed by atoms with Gasteiger partial charge in [0.25, 0.3) is 0 Å². The first-order valence-corrected chi connectivity index (χ1v) is 19.2. The number of nitrogens with two attached hydrogens (primary N) is 2. The van der Waals surface area contributed by atoms with Crippen LogP contribution < -0.4 is 16.8 Å². The molecule has 0 aliphatic heterocycles. The van der Waals surface area contributed by atoms with E-state index in [1.165, 1.54) is 64.2 Å². The Morgan fingerprint density at radius 1 is 0.909 bits per heavy atom. The molecule has 254 valence electrons. The predicted molar refractivity (Wildman–Crippen MR) is 187 cm³/mol. The first-order valence-electron chi connectivity index (χ1n) is 19.2. The van der Waals surface area contributed by atoms with Crippen LogP contribution in [0.5, 0.6) is 0 Å². The minimum atomic E-state index is 0.362. The molecule has 4 aliphatic carbocycles. The van der Waals surface area contributed by atoms with E-state index in [-0.39, 0.29) is 0 Å². The lowest BCUT2D eigenvalue weighted by molar-refractivity contribution is -0.132. The monoisotopic (exact) mass is 613 g/mol. The maximum atomic E-state index is 13.6. The standard InChI is InChI=1S/C39H72N4O/c1-29(2)11-8-12-30(3)34-15-16-35-33-14-13-32-27-31(17-19-38(32,4)36(33)18-20-39(34,35)5)28-37(44)43(26-10-22-41)25-7-6-23-42-24-9-21-40/h13,29-31,33-36,42H,6-12,14-28,40-41H2,1-5H3/t30-,31?,33+,34-,35?,36?,38?,39?/m1/s1. The Morgan fingerprint density at radius 3 is 2.41 bits per heavy atom. The topological polar surface area (TPSA) is 84.4 Å². The van der Waals surface area contributed by atoms with E-state index in [9.17, 15) is 4.79 Å². The molecular formula is C39H72N4O. The Balaban J connectivity index is 1.32. The molecule has 0 heterocycles. The minimum absolute atomic E-state index is 0.362. The maximum absolute atomic E-state index is 13.6. The van der Waals surface area contributed by atoms with Crippen molar-refractivity contribution in [2.45, 2.75) is 137 Å². The third-order valence-corrected chi connectivity index (χ3v) is 13.4. The number of hydrogen-bond acceptors (Lipinski definition) is 4. The lowest BCUT2D eigenvalue weighted by Gasteiger charge is -2.58. The van der Waals surface area contributed by atoms with Gasteiger partial charge in [0.05, 0.1) is 0 Å². The molecule has 8 atom stereocenters. The first-order chi connectivity index (χ1) is 21.1. The quantitative estimate of drug-likeness (QED) is 0.108. The van der Waals surface area contributed by atoms with Gasteiger partial charge in [-0.3, -0.25) is 4.79 Å². The highest BCUT2D eigenvalue weighted by atomic mass is 16.2. The molecule has 0 bridgehead atoms. The van der Waals surface area contributed by atoms with Crippen LogP contribution in [0.1, 0.15) is 137 Å². The molecule has 4 aliphatic rings. The van der Waals surface area contributed by atoms with Gasteiger partial charge in [-0.15, -0.1) is 0 Å². The number of rotatable bonds is 18. The van der Waals surface area contributed by atoms with Crippen molar-refractivity contribution in [1.29, 1.82) is 0 Å². The molecule has 5 heteroatoms. The third-order valence-electron chi connectivity index (χ3n) is 13.4. The summed E-state index contributed by atoms with van der Waals surface area (Å²) in [5.41, 5.74) is 14.1. The van der Waals surface area contributed by atoms with Crippen LogP contribution in [0, 0.1) is 52.3 Å². The summed E-state index contributed by atoms with van der Waals surface area (Å²) in [6.07, 6.45) is 22.5. The number of amides is 1. The molecule has 0 radical (unpaired) electrons. The van der Waals surface area contributed by atoms with Crippen molar-refractivity contribution in [3.05, 3.63) is 11.6 Å². The Kier molecular flexibility index (Phi) is 13.7. The fourth-order valence-corrected chi connectivity index (χ4v) is 10.9. The second-order valence-electron chi connectivity index (χ2n) is 16.7. The zero-order chi connectivity index (χ0) is 31.7. The molecule has 0 aromatic carbocycles. The van der Waals surface area contributed by atoms with Gasteiger partial charge in [-0.1, -0.05) is 65.5 Å². The molecule has 4 rings (SSSR count). The fraction of sp³-hybridized carbons (Fsp3) is 0.923. The summed E-state index contributed by atoms with van der Waals surface area (Å²) in [7, 11) is 0. The van der Waals surface area contributed by atoms with Crippen LogP contribution in [-0.2, 0) is 4.79 Å². The third kappa shape index (κ3) is 8.51. The van der Waals surface area contributed by atoms with Crippen LogP contribution in [0.15, 0.2) is 11.6 Å². The number of nitrogens with one attached hydrogen (secondary N) is 1. The molecular weight excluding hydrogens is 540 g/mol. The first kappa shape index (κ1) is 35.9. The van der Waals surface area contributed by atoms with Crippen LogP contribution in [0.2, 0.25) is 0 Å². The van der Waals surface area contributed by atoms with Crippen molar-refractivity contribution in [2.75, 3.05) is 39.3 Å². The van der Waals surface area contributed by atoms with Gasteiger partial charge in [-0.25, -0.2) is 0 Å². The molecule has 3 saturated carbocycles. The average molecular weight is 613 g/mol. The van der Waals surface area contributed by atoms with Gasteiger partial charge in [-0.05, 0) is 155 Å². The van der Waals surface area contributed by atoms with Crippen molar-refractivity contribution in [2.24, 2.45) is 63.7 Å². The van der Waals surface area contributed by atoms with Crippen LogP contribution in [0.25, 0.3) is 0 Å². The zero-order valence-electron chi connectivity index (χ0n) is 29.7. The largest absolute Gasteiger partial charge is 0.343 e. The minimum Gasteiger partial charge on any atom is -0.343 e. The summed E-state index contributed by atoms with van der Waals surface area (Å²) in [6.45, 7) is 17.8. The molecule has 1 amide bonds. The van der Waals surface area contributed by atoms with E-state index in [2.05, 4.69) is 50.9 Å². The molecule has 0 aromatic rings. The van der Waals surface area contributed by atoms with Crippen molar-refractivity contribution < 1.29 is 4.79 Å². The smallest absolute Gasteiger partial charge is 0.222 e. The van der Waals surface area contributed by atoms with Gasteiger partial charge in [-0.2, -0.15) is 0 Å². The van der Waals surface area contributed by atoms with Crippen LogP contribution in [0.4, 0.5) is 0 Å². The molecule has 3 fully saturated rings. The number of nitrogens with zero attached hydrogens (tertiary/aromatic N) is 1. The Morgan fingerprint density at radius 2 is 1.66 bits per heavy atom. The zero-order valence-corrected chi connectivity index (χ0v) is 29.7. The summed E-state index contributed by atoms with van der Waals surface area (Å²) >= 11 is 0. The number of allylic oxidation sites excluding steroid dienone is 2. The van der Waals surface area contributed by atoms with Crippen molar-refractivity contribution in [3.8, 4) is 0 Å². The van der Waals surface area contributed by atoms with E-state index in [4.69, 9.17) is 11.5 Å². The summed E-state index contributed by atoms with van der Waals surface area (Å²) in [4.78, 5) is 15.7. The Bertz CT molecular complexity index is 918. The lowest BCUT2D eigenvalue weighted by Crippen LogP contribution is -2.50. The summed E-state index contributed by atoms with van der Waals surface area (Å²) in [5.74, 6) is 6.16. The summed E-state index contributed by atoms with van der Waals surface area (Å²) in [5, 5.41) is 3.47. The molecule has 0 spiro atoms. The van der Waals surface area contributed by atoms with Gasteiger partial charge in [0, 0.05) is 19.5 Å². The number of hydrogen-bond donors (Lipinski definition) is 3. The average Bonchev–Trinajstić information content (AvgIpc) is 3.35. The van der Waals surface area contributed by atoms with Crippen molar-refractivity contribution in [3.63, 3.8) is 0 Å². The molecule has 5 nitrogen and oxygen atoms in total. The predicted octanol–water partition coefficient (Wildman–Crippen LogP) is 7.93. The Labute approximate surface area is 272 Å². The highest BCUT2D eigenvalue weighted by Crippen LogP contribution is 2.67. The van der Waals surface area contributed by atoms with Crippen LogP contribution >= 0.6 is 0 Å². The molecule has 0 aromatic heterocycles. The van der Waals surface area contributed by atoms with Gasteiger partial charge in [0.1, 0.15) is 0 Å². The highest BCUT2D eigenvalue weighted by Gasteiger charge is 2.59. The summed E-state index contributed by atoms with van der Waals surface area (Å²) < 4.78 is 0. The number of unbranched alkanes of at least 4 members (excludes halogenated alkanes) is 1. The van der Waals surface area contributed by atoms with Crippen molar-refractivity contribution in [1.82, 2.24) is 10.2 Å². The van der Waals surface area contributed by atoms with E-state index < -0.39 is 0 Å². The van der Waals surface area contributed by atoms with E-state index in [0.717, 1.165) is 107 Å². The number of fused-ring (bicyclic) bond motifs is 5. The van der Waals surface area contributed by atoms with E-state index in [0.29, 0.717) is 29.2 Å². The highest BCUT2D eigenvalue weighted by molar-refractivity contribution is 5.76. The molecule has 5 unspecified atom stereocenters. The van der Waals surface area contributed by atoms with Gasteiger partial charge < -0.3 is 21.7 Å². The second-order valence-corrected chi connectivity index (χ2v) is 16.7. The lowest BCUT2D eigenvalue weighted by atomic mass is 9.46. The summed E-state index contributed by atoms with van der Waals surface area (Å²) in [6, 6.07) is 0. The van der Waals surface area contributed by atoms with E-state index in [1.807, 2.05) is 0 Å².